The first-order chi connectivity index (χ1) is 14.8. The van der Waals surface area contributed by atoms with Crippen LogP contribution in [0.15, 0.2) is 30.3 Å². The quantitative estimate of drug-likeness (QED) is 0.255. The summed E-state index contributed by atoms with van der Waals surface area (Å²) in [5.74, 6) is -1.56. The van der Waals surface area contributed by atoms with Gasteiger partial charge in [0.05, 0.1) is 31.7 Å². The number of halogens is 1. The summed E-state index contributed by atoms with van der Waals surface area (Å²) in [5, 5.41) is 8.95. The highest BCUT2D eigenvalue weighted by Crippen LogP contribution is 2.46. The largest absolute Gasteiger partial charge is 0.469 e. The Balaban J connectivity index is 3.33. The van der Waals surface area contributed by atoms with Crippen LogP contribution in [-0.4, -0.2) is 54.8 Å². The molecule has 1 rings (SSSR count). The van der Waals surface area contributed by atoms with Crippen molar-refractivity contribution >= 4 is 33.8 Å². The van der Waals surface area contributed by atoms with Gasteiger partial charge in [0.25, 0.3) is 0 Å². The summed E-state index contributed by atoms with van der Waals surface area (Å²) in [7, 11) is 2.67. The van der Waals surface area contributed by atoms with Crippen molar-refractivity contribution in [2.45, 2.75) is 57.2 Å². The van der Waals surface area contributed by atoms with Crippen LogP contribution in [-0.2, 0) is 28.6 Å². The van der Waals surface area contributed by atoms with Crippen LogP contribution in [0.3, 0.4) is 0 Å². The molecule has 0 amide bonds. The summed E-state index contributed by atoms with van der Waals surface area (Å²) in [6.45, 7) is 6.58. The second kappa shape index (κ2) is 11.8. The number of hydrogen-bond acceptors (Lipinski definition) is 7. The molecular weight excluding hydrogens is 480 g/mol. The maximum atomic E-state index is 12.9. The Labute approximate surface area is 198 Å². The normalized spacial score (nSPS) is 16.2. The summed E-state index contributed by atoms with van der Waals surface area (Å²) in [6, 6.07) is 9.63. The van der Waals surface area contributed by atoms with E-state index in [1.807, 2.05) is 44.2 Å². The molecule has 7 nitrogen and oxygen atoms in total. The van der Waals surface area contributed by atoms with E-state index in [2.05, 4.69) is 15.9 Å². The molecule has 0 saturated heterocycles. The van der Waals surface area contributed by atoms with Crippen molar-refractivity contribution in [2.24, 2.45) is 10.8 Å². The molecule has 0 aliphatic heterocycles. The fraction of sp³-hybridized carbons (Fsp3) is 0.625. The molecule has 0 fully saturated rings. The van der Waals surface area contributed by atoms with E-state index in [1.165, 1.54) is 14.2 Å². The van der Waals surface area contributed by atoms with E-state index >= 15 is 0 Å². The average molecular weight is 515 g/mol. The third-order valence-corrected chi connectivity index (χ3v) is 6.22. The number of hydrogen-bond donors (Lipinski definition) is 1. The molecule has 32 heavy (non-hydrogen) atoms. The first kappa shape index (κ1) is 28.1. The molecule has 0 aromatic heterocycles. The minimum Gasteiger partial charge on any atom is -0.469 e. The topological polar surface area (TPSA) is 99.1 Å². The van der Waals surface area contributed by atoms with E-state index in [-0.39, 0.29) is 31.5 Å². The Bertz CT molecular complexity index is 776. The van der Waals surface area contributed by atoms with Gasteiger partial charge in [0.2, 0.25) is 0 Å². The molecule has 1 N–H and O–H groups in total. The van der Waals surface area contributed by atoms with Crippen molar-refractivity contribution in [1.29, 1.82) is 0 Å². The van der Waals surface area contributed by atoms with Gasteiger partial charge in [-0.15, -0.1) is 0 Å². The number of carbonyl (C=O) groups excluding carboxylic acids is 3. The van der Waals surface area contributed by atoms with Crippen LogP contribution in [0.2, 0.25) is 0 Å². The van der Waals surface area contributed by atoms with Gasteiger partial charge < -0.3 is 19.3 Å². The zero-order valence-electron chi connectivity index (χ0n) is 19.8. The molecule has 3 unspecified atom stereocenters. The standard InChI is InChI=1S/C24H35BrO7/c1-22(2,19(27)30-5)14-18(17-10-8-7-9-11-17)15-23(3,20(28)31-6)16-24(4,25)21(29)32-13-12-26/h7-11,18,26H,12-16H2,1-6H3. The van der Waals surface area contributed by atoms with Crippen molar-refractivity contribution in [3.8, 4) is 0 Å². The maximum absolute atomic E-state index is 12.9. The van der Waals surface area contributed by atoms with Crippen molar-refractivity contribution in [3.63, 3.8) is 0 Å². The molecule has 8 heteroatoms. The number of methoxy groups -OCH3 is 2. The van der Waals surface area contributed by atoms with Crippen LogP contribution in [0.4, 0.5) is 0 Å². The maximum Gasteiger partial charge on any atom is 0.322 e. The lowest BCUT2D eigenvalue weighted by Crippen LogP contribution is -2.42. The molecule has 1 aromatic rings. The Hall–Kier alpha value is -1.93. The van der Waals surface area contributed by atoms with Gasteiger partial charge >= 0.3 is 17.9 Å². The van der Waals surface area contributed by atoms with Crippen LogP contribution in [0.25, 0.3) is 0 Å². The zero-order valence-corrected chi connectivity index (χ0v) is 21.4. The van der Waals surface area contributed by atoms with Crippen molar-refractivity contribution in [1.82, 2.24) is 0 Å². The molecule has 1 aromatic carbocycles. The monoisotopic (exact) mass is 514 g/mol. The van der Waals surface area contributed by atoms with E-state index in [0.29, 0.717) is 12.8 Å². The molecule has 0 saturated carbocycles. The van der Waals surface area contributed by atoms with E-state index < -0.39 is 27.1 Å². The Morgan fingerprint density at radius 1 is 0.938 bits per heavy atom. The number of aliphatic hydroxyl groups is 1. The van der Waals surface area contributed by atoms with E-state index in [1.54, 1.807) is 13.8 Å². The highest BCUT2D eigenvalue weighted by Gasteiger charge is 2.47. The van der Waals surface area contributed by atoms with Gasteiger partial charge in [-0.25, -0.2) is 0 Å². The molecule has 0 aliphatic carbocycles. The molecule has 180 valence electrons. The van der Waals surface area contributed by atoms with Crippen molar-refractivity contribution in [2.75, 3.05) is 27.4 Å². The lowest BCUT2D eigenvalue weighted by Gasteiger charge is -2.37. The molecule has 0 aliphatic rings. The van der Waals surface area contributed by atoms with Crippen LogP contribution in [0.1, 0.15) is 58.4 Å². The van der Waals surface area contributed by atoms with Crippen LogP contribution in [0, 0.1) is 10.8 Å². The van der Waals surface area contributed by atoms with E-state index in [4.69, 9.17) is 19.3 Å². The first-order valence-corrected chi connectivity index (χ1v) is 11.3. The Morgan fingerprint density at radius 2 is 1.50 bits per heavy atom. The molecule has 0 heterocycles. The highest BCUT2D eigenvalue weighted by molar-refractivity contribution is 9.10. The summed E-state index contributed by atoms with van der Waals surface area (Å²) in [6.07, 6.45) is 0.863. The molecule has 0 bridgehead atoms. The van der Waals surface area contributed by atoms with Gasteiger partial charge in [0.1, 0.15) is 10.9 Å². The third-order valence-electron chi connectivity index (χ3n) is 5.61. The number of carbonyl (C=O) groups is 3. The van der Waals surface area contributed by atoms with Gasteiger partial charge in [-0.1, -0.05) is 46.3 Å². The Kier molecular flexibility index (Phi) is 10.4. The van der Waals surface area contributed by atoms with Crippen LogP contribution < -0.4 is 0 Å². The smallest absolute Gasteiger partial charge is 0.322 e. The Morgan fingerprint density at radius 3 is 2.00 bits per heavy atom. The van der Waals surface area contributed by atoms with Gasteiger partial charge in [0.15, 0.2) is 0 Å². The zero-order chi connectivity index (χ0) is 24.6. The fourth-order valence-electron chi connectivity index (χ4n) is 4.12. The third kappa shape index (κ3) is 7.59. The van der Waals surface area contributed by atoms with Crippen LogP contribution >= 0.6 is 15.9 Å². The van der Waals surface area contributed by atoms with E-state index in [9.17, 15) is 14.4 Å². The fourth-order valence-corrected chi connectivity index (χ4v) is 4.85. The van der Waals surface area contributed by atoms with Gasteiger partial charge in [0, 0.05) is 0 Å². The molecule has 0 radical (unpaired) electrons. The minimum atomic E-state index is -1.18. The van der Waals surface area contributed by atoms with E-state index in [0.717, 1.165) is 5.56 Å². The second-order valence-corrected chi connectivity index (χ2v) is 10.9. The number of alkyl halides is 1. The van der Waals surface area contributed by atoms with Crippen molar-refractivity contribution in [3.05, 3.63) is 35.9 Å². The number of benzene rings is 1. The highest BCUT2D eigenvalue weighted by atomic mass is 79.9. The average Bonchev–Trinajstić information content (AvgIpc) is 2.75. The predicted molar refractivity (Wildman–Crippen MR) is 124 cm³/mol. The van der Waals surface area contributed by atoms with Gasteiger partial charge in [-0.05, 0) is 58.4 Å². The summed E-state index contributed by atoms with van der Waals surface area (Å²) < 4.78 is 14.0. The number of rotatable bonds is 12. The van der Waals surface area contributed by atoms with Crippen LogP contribution in [0.5, 0.6) is 0 Å². The van der Waals surface area contributed by atoms with Gasteiger partial charge in [-0.2, -0.15) is 0 Å². The number of aliphatic hydroxyl groups excluding tert-OH is 1. The number of ether oxygens (including phenoxy) is 3. The first-order valence-electron chi connectivity index (χ1n) is 10.5. The lowest BCUT2D eigenvalue weighted by molar-refractivity contribution is -0.156. The second-order valence-electron chi connectivity index (χ2n) is 9.18. The summed E-state index contributed by atoms with van der Waals surface area (Å²) >= 11 is 3.41. The molecule has 3 atom stereocenters. The molecular formula is C24H35BrO7. The minimum absolute atomic E-state index is 0.0962. The SMILES string of the molecule is COC(=O)C(C)(C)CC(CC(C)(CC(C)(Br)C(=O)OCCO)C(=O)OC)c1ccccc1. The summed E-state index contributed by atoms with van der Waals surface area (Å²) in [5.41, 5.74) is -0.888. The van der Waals surface area contributed by atoms with Gasteiger partial charge in [-0.3, -0.25) is 14.4 Å². The predicted octanol–water partition coefficient (Wildman–Crippen LogP) is 4.01. The molecule has 0 spiro atoms. The summed E-state index contributed by atoms with van der Waals surface area (Å²) in [4.78, 5) is 37.8. The number of esters is 3. The van der Waals surface area contributed by atoms with Crippen molar-refractivity contribution < 1.29 is 33.7 Å². The lowest BCUT2D eigenvalue weighted by atomic mass is 9.69.